The molecule has 0 radical (unpaired) electrons. The van der Waals surface area contributed by atoms with E-state index in [1.807, 2.05) is 17.9 Å². The van der Waals surface area contributed by atoms with Gasteiger partial charge >= 0.3 is 0 Å². The van der Waals surface area contributed by atoms with Crippen LogP contribution in [-0.2, 0) is 7.05 Å². The van der Waals surface area contributed by atoms with Crippen molar-refractivity contribution in [3.63, 3.8) is 0 Å². The fourth-order valence-corrected chi connectivity index (χ4v) is 4.52. The maximum atomic E-state index is 6.30. The Labute approximate surface area is 128 Å². The Balaban J connectivity index is 1.68. The van der Waals surface area contributed by atoms with E-state index in [0.29, 0.717) is 11.5 Å². The first kappa shape index (κ1) is 15.0. The van der Waals surface area contributed by atoms with Crippen LogP contribution < -0.4 is 5.73 Å². The summed E-state index contributed by atoms with van der Waals surface area (Å²) < 4.78 is 1.89. The quantitative estimate of drug-likeness (QED) is 0.931. The molecular formula is C17H30N4. The summed E-state index contributed by atoms with van der Waals surface area (Å²) in [4.78, 5) is 2.60. The van der Waals surface area contributed by atoms with Gasteiger partial charge in [0.15, 0.2) is 0 Å². The Morgan fingerprint density at radius 2 is 1.81 bits per heavy atom. The van der Waals surface area contributed by atoms with Gasteiger partial charge in [-0.2, -0.15) is 5.10 Å². The van der Waals surface area contributed by atoms with E-state index < -0.39 is 0 Å². The highest BCUT2D eigenvalue weighted by molar-refractivity contribution is 5.13. The van der Waals surface area contributed by atoms with Crippen molar-refractivity contribution < 1.29 is 0 Å². The normalized spacial score (nSPS) is 25.9. The standard InChI is InChI=1S/C17H30N4/c1-14(18)16(15-12-19-20(2)13-15)21-10-8-17(9-11-21)6-4-3-5-7-17/h12-14,16H,3-11,18H2,1-2H3. The molecule has 21 heavy (non-hydrogen) atoms. The van der Waals surface area contributed by atoms with Crippen LogP contribution in [-0.4, -0.2) is 33.8 Å². The van der Waals surface area contributed by atoms with Gasteiger partial charge in [0.2, 0.25) is 0 Å². The van der Waals surface area contributed by atoms with Crippen LogP contribution in [0.4, 0.5) is 0 Å². The highest BCUT2D eigenvalue weighted by Gasteiger charge is 2.38. The van der Waals surface area contributed by atoms with E-state index in [1.54, 1.807) is 0 Å². The third kappa shape index (κ3) is 3.16. The van der Waals surface area contributed by atoms with Crippen molar-refractivity contribution in [2.75, 3.05) is 13.1 Å². The number of aryl methyl sites for hydroxylation is 1. The Kier molecular flexibility index (Phi) is 4.36. The smallest absolute Gasteiger partial charge is 0.0538 e. The zero-order chi connectivity index (χ0) is 14.9. The van der Waals surface area contributed by atoms with Crippen LogP contribution in [0.25, 0.3) is 0 Å². The topological polar surface area (TPSA) is 47.1 Å². The summed E-state index contributed by atoms with van der Waals surface area (Å²) in [5.41, 5.74) is 8.23. The predicted octanol–water partition coefficient (Wildman–Crippen LogP) is 2.85. The Morgan fingerprint density at radius 3 is 2.33 bits per heavy atom. The molecule has 3 rings (SSSR count). The van der Waals surface area contributed by atoms with Crippen molar-refractivity contribution in [1.29, 1.82) is 0 Å². The predicted molar refractivity (Wildman–Crippen MR) is 85.9 cm³/mol. The first-order chi connectivity index (χ1) is 10.1. The molecule has 0 bridgehead atoms. The van der Waals surface area contributed by atoms with Gasteiger partial charge in [-0.25, -0.2) is 0 Å². The summed E-state index contributed by atoms with van der Waals surface area (Å²) >= 11 is 0. The van der Waals surface area contributed by atoms with Gasteiger partial charge in [-0.3, -0.25) is 9.58 Å². The molecule has 0 amide bonds. The number of nitrogens with two attached hydrogens (primary N) is 1. The third-order valence-electron chi connectivity index (χ3n) is 5.73. The number of aromatic nitrogens is 2. The molecule has 2 N–H and O–H groups in total. The summed E-state index contributed by atoms with van der Waals surface area (Å²) in [6, 6.07) is 0.467. The third-order valence-corrected chi connectivity index (χ3v) is 5.73. The molecule has 4 nitrogen and oxygen atoms in total. The molecule has 1 aliphatic heterocycles. The highest BCUT2D eigenvalue weighted by atomic mass is 15.3. The lowest BCUT2D eigenvalue weighted by Crippen LogP contribution is -2.47. The number of likely N-dealkylation sites (tertiary alicyclic amines) is 1. The minimum absolute atomic E-state index is 0.148. The van der Waals surface area contributed by atoms with E-state index in [1.165, 1.54) is 63.6 Å². The molecule has 1 saturated heterocycles. The highest BCUT2D eigenvalue weighted by Crippen LogP contribution is 2.45. The minimum Gasteiger partial charge on any atom is -0.326 e. The molecule has 1 aromatic rings. The molecule has 2 heterocycles. The van der Waals surface area contributed by atoms with Crippen LogP contribution in [0.1, 0.15) is 63.5 Å². The van der Waals surface area contributed by atoms with Gasteiger partial charge in [-0.15, -0.1) is 0 Å². The SMILES string of the molecule is CC(N)C(c1cnn(C)c1)N1CCC2(CCCCC2)CC1. The molecule has 2 fully saturated rings. The average molecular weight is 290 g/mol. The van der Waals surface area contributed by atoms with Crippen LogP contribution in [0.5, 0.6) is 0 Å². The van der Waals surface area contributed by atoms with Gasteiger partial charge in [0.1, 0.15) is 0 Å². The largest absolute Gasteiger partial charge is 0.326 e. The fraction of sp³-hybridized carbons (Fsp3) is 0.824. The van der Waals surface area contributed by atoms with Gasteiger partial charge in [0.25, 0.3) is 0 Å². The molecular weight excluding hydrogens is 260 g/mol. The second-order valence-electron chi connectivity index (χ2n) is 7.35. The first-order valence-corrected chi connectivity index (χ1v) is 8.58. The van der Waals surface area contributed by atoms with E-state index >= 15 is 0 Å². The summed E-state index contributed by atoms with van der Waals surface area (Å²) in [6.07, 6.45) is 14.1. The van der Waals surface area contributed by atoms with Gasteiger partial charge in [0, 0.05) is 24.8 Å². The molecule has 4 heteroatoms. The number of rotatable bonds is 3. The average Bonchev–Trinajstić information content (AvgIpc) is 2.88. The Bertz CT molecular complexity index is 449. The minimum atomic E-state index is 0.148. The first-order valence-electron chi connectivity index (χ1n) is 8.58. The number of nitrogens with zero attached hydrogens (tertiary/aromatic N) is 3. The summed E-state index contributed by atoms with van der Waals surface area (Å²) in [5, 5.41) is 4.33. The molecule has 2 unspecified atom stereocenters. The van der Waals surface area contributed by atoms with Crippen molar-refractivity contribution in [2.45, 2.75) is 64.0 Å². The maximum Gasteiger partial charge on any atom is 0.0538 e. The van der Waals surface area contributed by atoms with E-state index in [4.69, 9.17) is 5.73 Å². The van der Waals surface area contributed by atoms with Crippen LogP contribution in [0, 0.1) is 5.41 Å². The van der Waals surface area contributed by atoms with Gasteiger partial charge < -0.3 is 5.73 Å². The van der Waals surface area contributed by atoms with Gasteiger partial charge in [0.05, 0.1) is 12.2 Å². The van der Waals surface area contributed by atoms with Gasteiger partial charge in [-0.1, -0.05) is 19.3 Å². The number of hydrogen-bond donors (Lipinski definition) is 1. The van der Waals surface area contributed by atoms with Crippen LogP contribution in [0.3, 0.4) is 0 Å². The van der Waals surface area contributed by atoms with E-state index in [2.05, 4.69) is 23.1 Å². The molecule has 1 saturated carbocycles. The van der Waals surface area contributed by atoms with E-state index in [0.717, 1.165) is 0 Å². The molecule has 118 valence electrons. The molecule has 1 spiro atoms. The lowest BCUT2D eigenvalue weighted by Gasteiger charge is -2.47. The maximum absolute atomic E-state index is 6.30. The van der Waals surface area contributed by atoms with Crippen LogP contribution in [0.15, 0.2) is 12.4 Å². The Morgan fingerprint density at radius 1 is 1.14 bits per heavy atom. The molecule has 0 aromatic carbocycles. The van der Waals surface area contributed by atoms with Crippen molar-refractivity contribution >= 4 is 0 Å². The molecule has 2 atom stereocenters. The zero-order valence-electron chi connectivity index (χ0n) is 13.6. The molecule has 2 aliphatic rings. The molecule has 1 aliphatic carbocycles. The second-order valence-corrected chi connectivity index (χ2v) is 7.35. The molecule has 1 aromatic heterocycles. The van der Waals surface area contributed by atoms with Crippen LogP contribution in [0.2, 0.25) is 0 Å². The monoisotopic (exact) mass is 290 g/mol. The summed E-state index contributed by atoms with van der Waals surface area (Å²) in [5.74, 6) is 0. The number of hydrogen-bond acceptors (Lipinski definition) is 3. The van der Waals surface area contributed by atoms with Crippen molar-refractivity contribution in [3.05, 3.63) is 18.0 Å². The van der Waals surface area contributed by atoms with E-state index in [-0.39, 0.29) is 6.04 Å². The van der Waals surface area contributed by atoms with Crippen molar-refractivity contribution in [3.8, 4) is 0 Å². The lowest BCUT2D eigenvalue weighted by atomic mass is 9.68. The van der Waals surface area contributed by atoms with Gasteiger partial charge in [-0.05, 0) is 51.1 Å². The number of piperidine rings is 1. The van der Waals surface area contributed by atoms with Crippen LogP contribution >= 0.6 is 0 Å². The summed E-state index contributed by atoms with van der Waals surface area (Å²) in [7, 11) is 1.98. The fourth-order valence-electron chi connectivity index (χ4n) is 4.52. The lowest BCUT2D eigenvalue weighted by molar-refractivity contribution is 0.0392. The summed E-state index contributed by atoms with van der Waals surface area (Å²) in [6.45, 7) is 4.52. The zero-order valence-corrected chi connectivity index (χ0v) is 13.6. The van der Waals surface area contributed by atoms with Crippen molar-refractivity contribution in [2.24, 2.45) is 18.2 Å². The second kappa shape index (κ2) is 6.09. The van der Waals surface area contributed by atoms with Crippen molar-refractivity contribution in [1.82, 2.24) is 14.7 Å². The Hall–Kier alpha value is -0.870. The van der Waals surface area contributed by atoms with E-state index in [9.17, 15) is 0 Å².